The second-order valence-corrected chi connectivity index (χ2v) is 3.87. The molecule has 0 saturated carbocycles. The van der Waals surface area contributed by atoms with Gasteiger partial charge in [0.1, 0.15) is 5.60 Å². The number of hydrogen-bond donors (Lipinski definition) is 2. The first-order valence-electron chi connectivity index (χ1n) is 4.81. The Morgan fingerprint density at radius 3 is 2.71 bits per heavy atom. The van der Waals surface area contributed by atoms with Crippen LogP contribution in [0.2, 0.25) is 0 Å². The van der Waals surface area contributed by atoms with Crippen LogP contribution in [0.15, 0.2) is 0 Å². The molecule has 0 amide bonds. The summed E-state index contributed by atoms with van der Waals surface area (Å²) in [6.07, 6.45) is -2.20. The summed E-state index contributed by atoms with van der Waals surface area (Å²) in [5, 5.41) is 12.6. The SMILES string of the molecule is CC(NCC1(O)CCOC1C)C(F)F. The van der Waals surface area contributed by atoms with Crippen molar-refractivity contribution in [1.29, 1.82) is 0 Å². The molecule has 1 aliphatic heterocycles. The van der Waals surface area contributed by atoms with Crippen molar-refractivity contribution < 1.29 is 18.6 Å². The molecule has 5 heteroatoms. The largest absolute Gasteiger partial charge is 0.386 e. The van der Waals surface area contributed by atoms with E-state index in [1.165, 1.54) is 6.92 Å². The molecule has 1 saturated heterocycles. The first-order chi connectivity index (χ1) is 6.46. The van der Waals surface area contributed by atoms with Crippen molar-refractivity contribution >= 4 is 0 Å². The highest BCUT2D eigenvalue weighted by atomic mass is 19.3. The fourth-order valence-electron chi connectivity index (χ4n) is 1.43. The lowest BCUT2D eigenvalue weighted by Gasteiger charge is -2.27. The Morgan fingerprint density at radius 2 is 2.29 bits per heavy atom. The average Bonchev–Trinajstić information content (AvgIpc) is 2.44. The van der Waals surface area contributed by atoms with Crippen molar-refractivity contribution in [3.05, 3.63) is 0 Å². The van der Waals surface area contributed by atoms with Gasteiger partial charge in [0.25, 0.3) is 6.43 Å². The lowest BCUT2D eigenvalue weighted by molar-refractivity contribution is -0.0312. The highest BCUT2D eigenvalue weighted by Crippen LogP contribution is 2.24. The maximum atomic E-state index is 12.1. The maximum absolute atomic E-state index is 12.1. The minimum absolute atomic E-state index is 0.152. The Balaban J connectivity index is 2.36. The number of halogens is 2. The molecule has 0 aromatic rings. The van der Waals surface area contributed by atoms with Crippen LogP contribution < -0.4 is 5.32 Å². The monoisotopic (exact) mass is 209 g/mol. The van der Waals surface area contributed by atoms with Gasteiger partial charge in [0.15, 0.2) is 0 Å². The van der Waals surface area contributed by atoms with Gasteiger partial charge >= 0.3 is 0 Å². The second-order valence-electron chi connectivity index (χ2n) is 3.87. The summed E-state index contributed by atoms with van der Waals surface area (Å²) >= 11 is 0. The van der Waals surface area contributed by atoms with E-state index in [0.717, 1.165) is 0 Å². The molecular formula is C9H17F2NO2. The van der Waals surface area contributed by atoms with E-state index in [2.05, 4.69) is 5.32 Å². The van der Waals surface area contributed by atoms with Crippen LogP contribution in [0.5, 0.6) is 0 Å². The molecule has 0 aliphatic carbocycles. The van der Waals surface area contributed by atoms with Gasteiger partial charge < -0.3 is 15.2 Å². The molecule has 3 unspecified atom stereocenters. The highest BCUT2D eigenvalue weighted by molar-refractivity contribution is 4.92. The average molecular weight is 209 g/mol. The molecule has 1 fully saturated rings. The topological polar surface area (TPSA) is 41.5 Å². The van der Waals surface area contributed by atoms with Crippen LogP contribution in [-0.2, 0) is 4.74 Å². The first-order valence-corrected chi connectivity index (χ1v) is 4.81. The van der Waals surface area contributed by atoms with E-state index in [1.807, 2.05) is 0 Å². The summed E-state index contributed by atoms with van der Waals surface area (Å²) in [7, 11) is 0. The van der Waals surface area contributed by atoms with Crippen molar-refractivity contribution in [2.45, 2.75) is 44.4 Å². The number of aliphatic hydroxyl groups is 1. The molecular weight excluding hydrogens is 192 g/mol. The van der Waals surface area contributed by atoms with E-state index < -0.39 is 18.1 Å². The quantitative estimate of drug-likeness (QED) is 0.718. The molecule has 14 heavy (non-hydrogen) atoms. The van der Waals surface area contributed by atoms with Crippen molar-refractivity contribution in [3.63, 3.8) is 0 Å². The summed E-state index contributed by atoms with van der Waals surface area (Å²) < 4.78 is 29.5. The van der Waals surface area contributed by atoms with Crippen molar-refractivity contribution in [3.8, 4) is 0 Å². The number of ether oxygens (including phenoxy) is 1. The van der Waals surface area contributed by atoms with Crippen LogP contribution in [0.1, 0.15) is 20.3 Å². The molecule has 0 radical (unpaired) electrons. The predicted molar refractivity (Wildman–Crippen MR) is 48.4 cm³/mol. The third kappa shape index (κ3) is 2.62. The van der Waals surface area contributed by atoms with Crippen LogP contribution >= 0.6 is 0 Å². The molecule has 1 aliphatic rings. The summed E-state index contributed by atoms with van der Waals surface area (Å²) in [6.45, 7) is 3.79. The molecule has 0 aromatic carbocycles. The Bertz CT molecular complexity index is 192. The van der Waals surface area contributed by atoms with Crippen LogP contribution in [0, 0.1) is 0 Å². The van der Waals surface area contributed by atoms with Gasteiger partial charge in [0.2, 0.25) is 0 Å². The van der Waals surface area contributed by atoms with Gasteiger partial charge in [-0.2, -0.15) is 0 Å². The molecule has 0 bridgehead atoms. The number of hydrogen-bond acceptors (Lipinski definition) is 3. The third-order valence-corrected chi connectivity index (χ3v) is 2.77. The number of rotatable bonds is 4. The molecule has 1 heterocycles. The molecule has 84 valence electrons. The number of alkyl halides is 2. The first kappa shape index (κ1) is 11.8. The Labute approximate surface area is 82.4 Å². The van der Waals surface area contributed by atoms with Gasteiger partial charge in [-0.3, -0.25) is 0 Å². The van der Waals surface area contributed by atoms with Crippen molar-refractivity contribution in [1.82, 2.24) is 5.32 Å². The van der Waals surface area contributed by atoms with Gasteiger partial charge in [0.05, 0.1) is 12.1 Å². The van der Waals surface area contributed by atoms with Crippen LogP contribution in [0.4, 0.5) is 8.78 Å². The minimum Gasteiger partial charge on any atom is -0.386 e. The maximum Gasteiger partial charge on any atom is 0.253 e. The van der Waals surface area contributed by atoms with E-state index in [4.69, 9.17) is 4.74 Å². The summed E-state index contributed by atoms with van der Waals surface area (Å²) in [5.74, 6) is 0. The fraction of sp³-hybridized carbons (Fsp3) is 1.00. The number of nitrogens with one attached hydrogen (secondary N) is 1. The van der Waals surface area contributed by atoms with Gasteiger partial charge in [-0.1, -0.05) is 0 Å². The van der Waals surface area contributed by atoms with Crippen LogP contribution in [0.25, 0.3) is 0 Å². The Morgan fingerprint density at radius 1 is 1.64 bits per heavy atom. The normalized spacial score (nSPS) is 35.1. The van der Waals surface area contributed by atoms with Gasteiger partial charge in [-0.25, -0.2) is 8.78 Å². The zero-order chi connectivity index (χ0) is 10.8. The summed E-state index contributed by atoms with van der Waals surface area (Å²) in [5.41, 5.74) is -0.997. The summed E-state index contributed by atoms with van der Waals surface area (Å²) in [4.78, 5) is 0. The van der Waals surface area contributed by atoms with Crippen molar-refractivity contribution in [2.24, 2.45) is 0 Å². The zero-order valence-corrected chi connectivity index (χ0v) is 8.46. The van der Waals surface area contributed by atoms with Gasteiger partial charge in [-0.15, -0.1) is 0 Å². The molecule has 3 atom stereocenters. The predicted octanol–water partition coefficient (Wildman–Crippen LogP) is 0.769. The summed E-state index contributed by atoms with van der Waals surface area (Å²) in [6, 6.07) is -0.896. The Kier molecular flexibility index (Phi) is 3.80. The second kappa shape index (κ2) is 4.51. The molecule has 2 N–H and O–H groups in total. The fourth-order valence-corrected chi connectivity index (χ4v) is 1.43. The van der Waals surface area contributed by atoms with Gasteiger partial charge in [-0.05, 0) is 13.8 Å². The lowest BCUT2D eigenvalue weighted by Crippen LogP contribution is -2.49. The molecule has 1 rings (SSSR count). The molecule has 0 aromatic heterocycles. The van der Waals surface area contributed by atoms with Gasteiger partial charge in [0, 0.05) is 19.6 Å². The highest BCUT2D eigenvalue weighted by Gasteiger charge is 2.39. The lowest BCUT2D eigenvalue weighted by atomic mass is 9.96. The van der Waals surface area contributed by atoms with E-state index in [1.54, 1.807) is 6.92 Å². The van der Waals surface area contributed by atoms with Crippen LogP contribution in [-0.4, -0.2) is 42.4 Å². The zero-order valence-electron chi connectivity index (χ0n) is 8.46. The minimum atomic E-state index is -2.41. The van der Waals surface area contributed by atoms with E-state index in [0.29, 0.717) is 13.0 Å². The standard InChI is InChI=1S/C9H17F2NO2/c1-6(8(10)11)12-5-9(13)3-4-14-7(9)2/h6-8,12-13H,3-5H2,1-2H3. The van der Waals surface area contributed by atoms with Crippen molar-refractivity contribution in [2.75, 3.05) is 13.2 Å². The van der Waals surface area contributed by atoms with E-state index >= 15 is 0 Å². The molecule has 0 spiro atoms. The van der Waals surface area contributed by atoms with Crippen LogP contribution in [0.3, 0.4) is 0 Å². The van der Waals surface area contributed by atoms with E-state index in [9.17, 15) is 13.9 Å². The molecule has 3 nitrogen and oxygen atoms in total. The third-order valence-electron chi connectivity index (χ3n) is 2.77. The van der Waals surface area contributed by atoms with E-state index in [-0.39, 0.29) is 12.6 Å². The smallest absolute Gasteiger partial charge is 0.253 e. The Hall–Kier alpha value is -0.260.